The fourth-order valence-corrected chi connectivity index (χ4v) is 8.30. The first-order valence-electron chi connectivity index (χ1n) is 9.05. The van der Waals surface area contributed by atoms with Crippen LogP contribution >= 0.6 is 34.7 Å². The molecule has 2 fully saturated rings. The third-order valence-corrected chi connectivity index (χ3v) is 8.98. The monoisotopic (exact) mass is 423 g/mol. The number of hydrogen-bond acceptors (Lipinski definition) is 5. The Hall–Kier alpha value is -1.44. The standard InChI is InChI=1S/C19H18ClNO4S2/c20-10-3-4-12(25-7-13(22)23)11(6-10)15-14-8-1-2-9(5-8)16(14)26-18-17(15)27-19(24)21-18/h3-4,6,8-9,14-16H,1-2,5,7H2,(H,21,24)(H,22,23)/t8-,9-,14+,15-,16-/m0/s1. The van der Waals surface area contributed by atoms with E-state index in [2.05, 4.69) is 4.98 Å². The van der Waals surface area contributed by atoms with Gasteiger partial charge in [-0.25, -0.2) is 4.79 Å². The lowest BCUT2D eigenvalue weighted by molar-refractivity contribution is -0.139. The van der Waals surface area contributed by atoms with E-state index < -0.39 is 12.6 Å². The Balaban J connectivity index is 1.65. The molecule has 2 N–H and O–H groups in total. The first-order valence-corrected chi connectivity index (χ1v) is 11.1. The molecule has 2 aliphatic carbocycles. The van der Waals surface area contributed by atoms with E-state index in [0.29, 0.717) is 33.8 Å². The Labute approximate surface area is 169 Å². The minimum atomic E-state index is -1.01. The Bertz CT molecular complexity index is 971. The van der Waals surface area contributed by atoms with Crippen molar-refractivity contribution in [2.45, 2.75) is 35.5 Å². The molecule has 2 heterocycles. The van der Waals surface area contributed by atoms with Gasteiger partial charge in [-0.15, -0.1) is 11.8 Å². The minimum absolute atomic E-state index is 0.0213. The molecule has 0 spiro atoms. The molecular formula is C19H18ClNO4S2. The quantitative estimate of drug-likeness (QED) is 0.770. The molecule has 5 atom stereocenters. The van der Waals surface area contributed by atoms with Gasteiger partial charge in [0, 0.05) is 26.6 Å². The molecule has 1 aliphatic heterocycles. The number of thioether (sulfide) groups is 1. The average molecular weight is 424 g/mol. The Morgan fingerprint density at radius 3 is 2.96 bits per heavy atom. The van der Waals surface area contributed by atoms with Gasteiger partial charge in [0.15, 0.2) is 6.61 Å². The molecule has 1 aromatic carbocycles. The van der Waals surface area contributed by atoms with E-state index in [1.807, 2.05) is 17.8 Å². The largest absolute Gasteiger partial charge is 0.482 e. The highest BCUT2D eigenvalue weighted by molar-refractivity contribution is 8.00. The Morgan fingerprint density at radius 1 is 1.33 bits per heavy atom. The van der Waals surface area contributed by atoms with E-state index in [9.17, 15) is 9.59 Å². The van der Waals surface area contributed by atoms with E-state index >= 15 is 0 Å². The van der Waals surface area contributed by atoms with Crippen LogP contribution in [0.1, 0.15) is 35.6 Å². The number of thiazole rings is 1. The molecule has 5 nitrogen and oxygen atoms in total. The van der Waals surface area contributed by atoms with Crippen LogP contribution in [0.4, 0.5) is 0 Å². The summed E-state index contributed by atoms with van der Waals surface area (Å²) in [7, 11) is 0. The minimum Gasteiger partial charge on any atom is -0.482 e. The molecule has 142 valence electrons. The maximum Gasteiger partial charge on any atom is 0.341 e. The molecule has 2 aromatic rings. The van der Waals surface area contributed by atoms with Crippen LogP contribution in [0.5, 0.6) is 5.75 Å². The van der Waals surface area contributed by atoms with Crippen molar-refractivity contribution in [1.29, 1.82) is 0 Å². The van der Waals surface area contributed by atoms with Crippen LogP contribution in [-0.2, 0) is 4.79 Å². The lowest BCUT2D eigenvalue weighted by atomic mass is 9.74. The third kappa shape index (κ3) is 2.91. The van der Waals surface area contributed by atoms with Crippen LogP contribution in [0.15, 0.2) is 28.0 Å². The Morgan fingerprint density at radius 2 is 2.15 bits per heavy atom. The summed E-state index contributed by atoms with van der Waals surface area (Å²) in [6.45, 7) is -0.396. The molecule has 2 bridgehead atoms. The maximum atomic E-state index is 12.1. The molecule has 27 heavy (non-hydrogen) atoms. The summed E-state index contributed by atoms with van der Waals surface area (Å²) >= 11 is 9.40. The van der Waals surface area contributed by atoms with Gasteiger partial charge in [-0.1, -0.05) is 22.9 Å². The van der Waals surface area contributed by atoms with Crippen molar-refractivity contribution in [2.24, 2.45) is 17.8 Å². The van der Waals surface area contributed by atoms with E-state index in [0.717, 1.165) is 15.5 Å². The zero-order valence-electron chi connectivity index (χ0n) is 14.3. The van der Waals surface area contributed by atoms with Crippen LogP contribution in [-0.4, -0.2) is 27.9 Å². The summed E-state index contributed by atoms with van der Waals surface area (Å²) in [6, 6.07) is 5.36. The number of aromatic nitrogens is 1. The predicted octanol–water partition coefficient (Wildman–Crippen LogP) is 4.21. The second kappa shape index (κ2) is 6.57. The van der Waals surface area contributed by atoms with E-state index in [-0.39, 0.29) is 10.8 Å². The lowest BCUT2D eigenvalue weighted by Crippen LogP contribution is -2.34. The van der Waals surface area contributed by atoms with Crippen molar-refractivity contribution in [3.63, 3.8) is 0 Å². The smallest absolute Gasteiger partial charge is 0.341 e. The number of carbonyl (C=O) groups is 1. The fourth-order valence-electron chi connectivity index (χ4n) is 5.23. The van der Waals surface area contributed by atoms with E-state index in [1.165, 1.54) is 30.6 Å². The van der Waals surface area contributed by atoms with Gasteiger partial charge in [-0.3, -0.25) is 4.79 Å². The van der Waals surface area contributed by atoms with Crippen molar-refractivity contribution >= 4 is 40.7 Å². The molecule has 2 saturated carbocycles. The number of fused-ring (bicyclic) bond motifs is 6. The summed E-state index contributed by atoms with van der Waals surface area (Å²) in [6.07, 6.45) is 3.72. The number of aliphatic carboxylic acids is 1. The lowest BCUT2D eigenvalue weighted by Gasteiger charge is -2.40. The van der Waals surface area contributed by atoms with Crippen LogP contribution in [0, 0.1) is 17.8 Å². The van der Waals surface area contributed by atoms with Gasteiger partial charge >= 0.3 is 10.8 Å². The second-order valence-corrected chi connectivity index (χ2v) is 10.2. The van der Waals surface area contributed by atoms with Crippen LogP contribution in [0.3, 0.4) is 0 Å². The van der Waals surface area contributed by atoms with Crippen LogP contribution in [0.25, 0.3) is 0 Å². The fraction of sp³-hybridized carbons (Fsp3) is 0.474. The second-order valence-electron chi connectivity index (χ2n) is 7.54. The number of hydrogen-bond donors (Lipinski definition) is 2. The third-order valence-electron chi connectivity index (χ3n) is 6.12. The van der Waals surface area contributed by atoms with Gasteiger partial charge in [0.05, 0.1) is 5.03 Å². The van der Waals surface area contributed by atoms with Gasteiger partial charge in [0.25, 0.3) is 0 Å². The zero-order chi connectivity index (χ0) is 18.7. The maximum absolute atomic E-state index is 12.1. The van der Waals surface area contributed by atoms with E-state index in [4.69, 9.17) is 21.4 Å². The topological polar surface area (TPSA) is 79.4 Å². The van der Waals surface area contributed by atoms with Gasteiger partial charge in [-0.2, -0.15) is 0 Å². The molecule has 1 aromatic heterocycles. The van der Waals surface area contributed by atoms with Crippen LogP contribution < -0.4 is 9.61 Å². The highest BCUT2D eigenvalue weighted by atomic mass is 35.5. The molecular weight excluding hydrogens is 406 g/mol. The average Bonchev–Trinajstić information content (AvgIpc) is 3.32. The van der Waals surface area contributed by atoms with Crippen molar-refractivity contribution in [1.82, 2.24) is 4.98 Å². The molecule has 0 unspecified atom stereocenters. The molecule has 0 radical (unpaired) electrons. The molecule has 0 saturated heterocycles. The summed E-state index contributed by atoms with van der Waals surface area (Å²) in [5, 5.41) is 11.1. The van der Waals surface area contributed by atoms with Crippen LogP contribution in [0.2, 0.25) is 5.02 Å². The summed E-state index contributed by atoms with van der Waals surface area (Å²) < 4.78 is 5.61. The van der Waals surface area contributed by atoms with Gasteiger partial charge in [0.1, 0.15) is 5.75 Å². The number of carboxylic acids is 1. The SMILES string of the molecule is O=C(O)COc1ccc(Cl)cc1[C@@H]1c2sc(=O)[nH]c2S[C@H]2[C@H]3CC[C@@H](C3)[C@H]12. The van der Waals surface area contributed by atoms with Gasteiger partial charge < -0.3 is 14.8 Å². The number of aromatic amines is 1. The predicted molar refractivity (Wildman–Crippen MR) is 105 cm³/mol. The molecule has 8 heteroatoms. The zero-order valence-corrected chi connectivity index (χ0v) is 16.7. The highest BCUT2D eigenvalue weighted by Crippen LogP contribution is 2.64. The number of carboxylic acid groups (broad SMARTS) is 1. The van der Waals surface area contributed by atoms with Crippen molar-refractivity contribution < 1.29 is 14.6 Å². The van der Waals surface area contributed by atoms with Crippen molar-refractivity contribution in [3.05, 3.63) is 43.3 Å². The van der Waals surface area contributed by atoms with Crippen molar-refractivity contribution in [3.8, 4) is 5.75 Å². The number of benzene rings is 1. The van der Waals surface area contributed by atoms with Crippen molar-refractivity contribution in [2.75, 3.05) is 6.61 Å². The highest BCUT2D eigenvalue weighted by Gasteiger charge is 2.55. The summed E-state index contributed by atoms with van der Waals surface area (Å²) in [5.74, 6) is 1.30. The Kier molecular flexibility index (Phi) is 4.29. The van der Waals surface area contributed by atoms with E-state index in [1.54, 1.807) is 12.1 Å². The number of nitrogens with one attached hydrogen (secondary N) is 1. The van der Waals surface area contributed by atoms with Gasteiger partial charge in [0.2, 0.25) is 0 Å². The summed E-state index contributed by atoms with van der Waals surface area (Å²) in [4.78, 5) is 27.1. The normalized spacial score (nSPS) is 30.8. The number of ether oxygens (including phenoxy) is 1. The first-order chi connectivity index (χ1) is 13.0. The summed E-state index contributed by atoms with van der Waals surface area (Å²) in [5.41, 5.74) is 0.906. The number of halogens is 1. The molecule has 3 aliphatic rings. The molecule has 0 amide bonds. The first kappa shape index (κ1) is 17.6. The van der Waals surface area contributed by atoms with Gasteiger partial charge in [-0.05, 0) is 55.2 Å². The number of H-pyrrole nitrogens is 1. The number of rotatable bonds is 4. The molecule has 5 rings (SSSR count).